The fraction of sp³-hybridized carbons (Fsp3) is 0.538. The molecule has 0 radical (unpaired) electrons. The van der Waals surface area contributed by atoms with Crippen LogP contribution in [0.1, 0.15) is 31.0 Å². The van der Waals surface area contributed by atoms with Crippen LogP contribution in [0.5, 0.6) is 5.88 Å². The first-order chi connectivity index (χ1) is 7.69. The Labute approximate surface area is 96.6 Å². The lowest BCUT2D eigenvalue weighted by Gasteiger charge is -2.18. The molecule has 1 aliphatic rings. The Balaban J connectivity index is 2.29. The van der Waals surface area contributed by atoms with Crippen LogP contribution in [0.15, 0.2) is 17.1 Å². The maximum absolute atomic E-state index is 5.18. The maximum atomic E-state index is 5.18. The van der Waals surface area contributed by atoms with E-state index in [-0.39, 0.29) is 0 Å². The number of aryl methyl sites for hydroxylation is 1. The molecule has 3 nitrogen and oxygen atoms in total. The van der Waals surface area contributed by atoms with Crippen molar-refractivity contribution in [2.75, 3.05) is 13.7 Å². The van der Waals surface area contributed by atoms with Crippen LogP contribution >= 0.6 is 0 Å². The number of hydrogen-bond donors (Lipinski definition) is 0. The summed E-state index contributed by atoms with van der Waals surface area (Å²) in [6.45, 7) is 5.18. The molecule has 0 N–H and O–H groups in total. The predicted molar refractivity (Wildman–Crippen MR) is 65.3 cm³/mol. The fourth-order valence-corrected chi connectivity index (χ4v) is 1.96. The van der Waals surface area contributed by atoms with E-state index in [0.29, 0.717) is 11.8 Å². The van der Waals surface area contributed by atoms with Crippen molar-refractivity contribution in [2.24, 2.45) is 10.9 Å². The van der Waals surface area contributed by atoms with Crippen LogP contribution in [0.2, 0.25) is 0 Å². The lowest BCUT2D eigenvalue weighted by atomic mass is 9.96. The summed E-state index contributed by atoms with van der Waals surface area (Å²) in [5.74, 6) is 1.39. The molecule has 0 aliphatic carbocycles. The molecule has 16 heavy (non-hydrogen) atoms. The molecule has 0 amide bonds. The van der Waals surface area contributed by atoms with Gasteiger partial charge in [-0.1, -0.05) is 6.92 Å². The highest BCUT2D eigenvalue weighted by Crippen LogP contribution is 2.20. The highest BCUT2D eigenvalue weighted by Gasteiger charge is 2.14. The van der Waals surface area contributed by atoms with Crippen LogP contribution in [0, 0.1) is 12.8 Å². The van der Waals surface area contributed by atoms with Gasteiger partial charge in [-0.15, -0.1) is 0 Å². The lowest BCUT2D eigenvalue weighted by molar-refractivity contribution is 0.397. The largest absolute Gasteiger partial charge is 0.481 e. The minimum absolute atomic E-state index is 0.677. The van der Waals surface area contributed by atoms with Gasteiger partial charge in [0.15, 0.2) is 0 Å². The van der Waals surface area contributed by atoms with Crippen molar-refractivity contribution in [3.05, 3.63) is 23.4 Å². The van der Waals surface area contributed by atoms with Crippen LogP contribution in [0.25, 0.3) is 0 Å². The van der Waals surface area contributed by atoms with Gasteiger partial charge in [0.1, 0.15) is 0 Å². The van der Waals surface area contributed by atoms with E-state index in [1.54, 1.807) is 7.11 Å². The number of rotatable bonds is 2. The van der Waals surface area contributed by atoms with Crippen molar-refractivity contribution in [1.29, 1.82) is 0 Å². The Kier molecular flexibility index (Phi) is 3.22. The van der Waals surface area contributed by atoms with E-state index in [4.69, 9.17) is 4.74 Å². The highest BCUT2D eigenvalue weighted by molar-refractivity contribution is 6.01. The number of ether oxygens (including phenoxy) is 1. The van der Waals surface area contributed by atoms with Gasteiger partial charge in [0.05, 0.1) is 7.11 Å². The zero-order valence-electron chi connectivity index (χ0n) is 10.2. The number of nitrogens with zero attached hydrogens (tertiary/aromatic N) is 2. The topological polar surface area (TPSA) is 34.5 Å². The normalized spacial score (nSPS) is 20.4. The van der Waals surface area contributed by atoms with E-state index >= 15 is 0 Å². The second kappa shape index (κ2) is 4.64. The molecule has 2 rings (SSSR count). The minimum Gasteiger partial charge on any atom is -0.481 e. The predicted octanol–water partition coefficient (Wildman–Crippen LogP) is 2.62. The smallest absolute Gasteiger partial charge is 0.213 e. The molecule has 0 aromatic carbocycles. The van der Waals surface area contributed by atoms with Crippen molar-refractivity contribution in [2.45, 2.75) is 26.7 Å². The fourth-order valence-electron chi connectivity index (χ4n) is 1.96. The average Bonchev–Trinajstić information content (AvgIpc) is 2.29. The Morgan fingerprint density at radius 1 is 1.38 bits per heavy atom. The summed E-state index contributed by atoms with van der Waals surface area (Å²) in [4.78, 5) is 8.92. The van der Waals surface area contributed by atoms with Gasteiger partial charge in [0, 0.05) is 29.6 Å². The van der Waals surface area contributed by atoms with Crippen LogP contribution in [-0.4, -0.2) is 24.4 Å². The quantitative estimate of drug-likeness (QED) is 0.764. The number of pyridine rings is 1. The molecule has 1 atom stereocenters. The molecule has 1 unspecified atom stereocenters. The average molecular weight is 218 g/mol. The van der Waals surface area contributed by atoms with E-state index in [1.165, 1.54) is 12.1 Å². The molecular weight excluding hydrogens is 200 g/mol. The first kappa shape index (κ1) is 11.1. The van der Waals surface area contributed by atoms with E-state index in [2.05, 4.69) is 23.0 Å². The third kappa shape index (κ3) is 2.40. The van der Waals surface area contributed by atoms with Crippen LogP contribution in [-0.2, 0) is 0 Å². The van der Waals surface area contributed by atoms with Gasteiger partial charge in [-0.2, -0.15) is 0 Å². The first-order valence-electron chi connectivity index (χ1n) is 5.75. The SMILES string of the molecule is COc1cc(C2=NCC(C)CC2)cc(C)n1. The van der Waals surface area contributed by atoms with E-state index < -0.39 is 0 Å². The zero-order valence-corrected chi connectivity index (χ0v) is 10.2. The number of methoxy groups -OCH3 is 1. The van der Waals surface area contributed by atoms with Gasteiger partial charge in [-0.25, -0.2) is 4.98 Å². The van der Waals surface area contributed by atoms with Crippen molar-refractivity contribution in [1.82, 2.24) is 4.98 Å². The highest BCUT2D eigenvalue weighted by atomic mass is 16.5. The molecular formula is C13H18N2O. The van der Waals surface area contributed by atoms with Crippen LogP contribution < -0.4 is 4.74 Å². The molecule has 0 spiro atoms. The summed E-state index contributed by atoms with van der Waals surface area (Å²) < 4.78 is 5.18. The number of aromatic nitrogens is 1. The second-order valence-electron chi connectivity index (χ2n) is 4.47. The third-order valence-electron chi connectivity index (χ3n) is 2.94. The van der Waals surface area contributed by atoms with Gasteiger partial charge in [0.2, 0.25) is 5.88 Å². The van der Waals surface area contributed by atoms with Crippen molar-refractivity contribution < 1.29 is 4.74 Å². The monoisotopic (exact) mass is 218 g/mol. The van der Waals surface area contributed by atoms with Crippen molar-refractivity contribution >= 4 is 5.71 Å². The minimum atomic E-state index is 0.677. The van der Waals surface area contributed by atoms with Crippen LogP contribution in [0.4, 0.5) is 0 Å². The molecule has 0 bridgehead atoms. The molecule has 0 saturated carbocycles. The molecule has 1 aromatic rings. The van der Waals surface area contributed by atoms with E-state index in [9.17, 15) is 0 Å². The molecule has 2 heterocycles. The molecule has 86 valence electrons. The molecule has 3 heteroatoms. The van der Waals surface area contributed by atoms with Crippen LogP contribution in [0.3, 0.4) is 0 Å². The maximum Gasteiger partial charge on any atom is 0.213 e. The van der Waals surface area contributed by atoms with Gasteiger partial charge < -0.3 is 4.74 Å². The van der Waals surface area contributed by atoms with Gasteiger partial charge >= 0.3 is 0 Å². The van der Waals surface area contributed by atoms with E-state index in [1.807, 2.05) is 13.0 Å². The Morgan fingerprint density at radius 2 is 2.19 bits per heavy atom. The summed E-state index contributed by atoms with van der Waals surface area (Å²) in [5.41, 5.74) is 3.34. The molecule has 0 fully saturated rings. The summed E-state index contributed by atoms with van der Waals surface area (Å²) in [6, 6.07) is 4.05. The first-order valence-corrected chi connectivity index (χ1v) is 5.75. The Hall–Kier alpha value is -1.38. The van der Waals surface area contributed by atoms with Gasteiger partial charge in [-0.3, -0.25) is 4.99 Å². The molecule has 1 aromatic heterocycles. The summed E-state index contributed by atoms with van der Waals surface area (Å²) in [5, 5.41) is 0. The number of aliphatic imine (C=N–C) groups is 1. The van der Waals surface area contributed by atoms with E-state index in [0.717, 1.165) is 24.2 Å². The summed E-state index contributed by atoms with van der Waals surface area (Å²) in [6.07, 6.45) is 2.29. The Morgan fingerprint density at radius 3 is 2.81 bits per heavy atom. The van der Waals surface area contributed by atoms with Crippen molar-refractivity contribution in [3.63, 3.8) is 0 Å². The third-order valence-corrected chi connectivity index (χ3v) is 2.94. The molecule has 0 saturated heterocycles. The van der Waals surface area contributed by atoms with Crippen molar-refractivity contribution in [3.8, 4) is 5.88 Å². The van der Waals surface area contributed by atoms with Gasteiger partial charge in [-0.05, 0) is 31.7 Å². The number of hydrogen-bond acceptors (Lipinski definition) is 3. The zero-order chi connectivity index (χ0) is 11.5. The Bertz CT molecular complexity index is 412. The summed E-state index contributed by atoms with van der Waals surface area (Å²) in [7, 11) is 1.65. The summed E-state index contributed by atoms with van der Waals surface area (Å²) >= 11 is 0. The lowest BCUT2D eigenvalue weighted by Crippen LogP contribution is -2.14. The standard InChI is InChI=1S/C13H18N2O/c1-9-4-5-12(14-8-9)11-6-10(2)15-13(7-11)16-3/h6-7,9H,4-5,8H2,1-3H3. The second-order valence-corrected chi connectivity index (χ2v) is 4.47. The molecule has 1 aliphatic heterocycles. The van der Waals surface area contributed by atoms with Gasteiger partial charge in [0.25, 0.3) is 0 Å².